The van der Waals surface area contributed by atoms with Crippen LogP contribution in [0.15, 0.2) is 17.6 Å². The van der Waals surface area contributed by atoms with Gasteiger partial charge in [0, 0.05) is 17.5 Å². The highest BCUT2D eigenvalue weighted by molar-refractivity contribution is 7.10. The van der Waals surface area contributed by atoms with Gasteiger partial charge in [-0.3, -0.25) is 10.5 Å². The molecule has 2 rings (SSSR count). The molecule has 0 saturated heterocycles. The molecule has 5 nitrogen and oxygen atoms in total. The third-order valence-corrected chi connectivity index (χ3v) is 3.46. The molecule has 1 atom stereocenters. The molecule has 0 radical (unpaired) electrons. The molecule has 0 amide bonds. The maximum atomic E-state index is 5.93. The van der Waals surface area contributed by atoms with Crippen molar-refractivity contribution in [2.24, 2.45) is 12.9 Å². The van der Waals surface area contributed by atoms with Crippen LogP contribution in [0.5, 0.6) is 0 Å². The number of hydrogen-bond donors (Lipinski definition) is 3. The summed E-state index contributed by atoms with van der Waals surface area (Å²) in [6.07, 6.45) is 1.74. The summed E-state index contributed by atoms with van der Waals surface area (Å²) in [6, 6.07) is 2.00. The van der Waals surface area contributed by atoms with Gasteiger partial charge in [-0.15, -0.1) is 11.3 Å². The molecule has 0 aliphatic carbocycles. The minimum absolute atomic E-state index is 0.0985. The van der Waals surface area contributed by atoms with E-state index in [2.05, 4.69) is 28.9 Å². The number of nitrogen functional groups attached to an aromatic ring is 1. The summed E-state index contributed by atoms with van der Waals surface area (Å²) in [5.41, 5.74) is 10.7. The summed E-state index contributed by atoms with van der Waals surface area (Å²) in [6.45, 7) is 2.06. The van der Waals surface area contributed by atoms with Crippen LogP contribution < -0.4 is 17.0 Å². The van der Waals surface area contributed by atoms with Gasteiger partial charge in [0.1, 0.15) is 5.82 Å². The van der Waals surface area contributed by atoms with Gasteiger partial charge < -0.3 is 5.73 Å². The zero-order valence-electron chi connectivity index (χ0n) is 9.27. The highest BCUT2D eigenvalue weighted by atomic mass is 32.1. The fourth-order valence-electron chi connectivity index (χ4n) is 1.67. The van der Waals surface area contributed by atoms with E-state index in [0.717, 1.165) is 11.1 Å². The molecule has 0 fully saturated rings. The minimum atomic E-state index is -0.0985. The number of aromatic nitrogens is 2. The highest BCUT2D eigenvalue weighted by Crippen LogP contribution is 2.28. The zero-order chi connectivity index (χ0) is 11.7. The van der Waals surface area contributed by atoms with Gasteiger partial charge in [0.25, 0.3) is 0 Å². The zero-order valence-corrected chi connectivity index (χ0v) is 10.1. The lowest BCUT2D eigenvalue weighted by molar-refractivity contribution is 0.639. The minimum Gasteiger partial charge on any atom is -0.384 e. The molecular formula is C10H15N5S. The first-order chi connectivity index (χ1) is 7.63. The molecule has 6 heteroatoms. The Morgan fingerprint density at radius 1 is 1.56 bits per heavy atom. The lowest BCUT2D eigenvalue weighted by atomic mass is 10.0. The number of nitrogens with one attached hydrogen (secondary N) is 1. The van der Waals surface area contributed by atoms with E-state index in [1.807, 2.05) is 7.05 Å². The van der Waals surface area contributed by atoms with Gasteiger partial charge >= 0.3 is 0 Å². The maximum absolute atomic E-state index is 5.93. The van der Waals surface area contributed by atoms with E-state index in [9.17, 15) is 0 Å². The second kappa shape index (κ2) is 4.25. The molecule has 2 aromatic rings. The second-order valence-electron chi connectivity index (χ2n) is 3.70. The van der Waals surface area contributed by atoms with Gasteiger partial charge in [-0.2, -0.15) is 5.10 Å². The summed E-state index contributed by atoms with van der Waals surface area (Å²) in [7, 11) is 1.81. The lowest BCUT2D eigenvalue weighted by Gasteiger charge is -2.13. The van der Waals surface area contributed by atoms with Gasteiger partial charge in [-0.05, 0) is 23.9 Å². The van der Waals surface area contributed by atoms with Crippen LogP contribution in [0.1, 0.15) is 22.0 Å². The number of nitrogens with two attached hydrogens (primary N) is 2. The van der Waals surface area contributed by atoms with E-state index in [1.54, 1.807) is 22.2 Å². The SMILES string of the molecule is Cc1cc(C(NN)c2cnn(C)c2N)cs1. The Labute approximate surface area is 98.0 Å². The van der Waals surface area contributed by atoms with E-state index in [1.165, 1.54) is 4.88 Å². The van der Waals surface area contributed by atoms with Crippen LogP contribution in [-0.2, 0) is 7.05 Å². The molecule has 0 saturated carbocycles. The van der Waals surface area contributed by atoms with Crippen molar-refractivity contribution in [2.75, 3.05) is 5.73 Å². The van der Waals surface area contributed by atoms with Gasteiger partial charge in [0.05, 0.1) is 12.2 Å². The Morgan fingerprint density at radius 2 is 2.31 bits per heavy atom. The first-order valence-electron chi connectivity index (χ1n) is 4.92. The van der Waals surface area contributed by atoms with Crippen LogP contribution in [0.4, 0.5) is 5.82 Å². The van der Waals surface area contributed by atoms with Crippen LogP contribution in [-0.4, -0.2) is 9.78 Å². The molecule has 16 heavy (non-hydrogen) atoms. The number of hydrogen-bond acceptors (Lipinski definition) is 5. The van der Waals surface area contributed by atoms with Crippen LogP contribution in [0, 0.1) is 6.92 Å². The summed E-state index contributed by atoms with van der Waals surface area (Å²) >= 11 is 1.69. The van der Waals surface area contributed by atoms with Crippen LogP contribution >= 0.6 is 11.3 Å². The number of thiophene rings is 1. The predicted octanol–water partition coefficient (Wildman–Crippen LogP) is 0.925. The van der Waals surface area contributed by atoms with Gasteiger partial charge in [-0.25, -0.2) is 5.43 Å². The van der Waals surface area contributed by atoms with Crippen molar-refractivity contribution < 1.29 is 0 Å². The largest absolute Gasteiger partial charge is 0.384 e. The molecule has 2 heterocycles. The number of hydrazine groups is 1. The summed E-state index contributed by atoms with van der Waals surface area (Å²) in [4.78, 5) is 1.25. The van der Waals surface area contributed by atoms with Gasteiger partial charge in [0.2, 0.25) is 0 Å². The molecule has 1 unspecified atom stereocenters. The monoisotopic (exact) mass is 237 g/mol. The van der Waals surface area contributed by atoms with Crippen molar-refractivity contribution in [3.05, 3.63) is 33.6 Å². The Kier molecular flexibility index (Phi) is 2.95. The number of rotatable bonds is 3. The van der Waals surface area contributed by atoms with Gasteiger partial charge in [0.15, 0.2) is 0 Å². The Bertz CT molecular complexity index is 487. The fourth-order valence-corrected chi connectivity index (χ4v) is 2.40. The van der Waals surface area contributed by atoms with E-state index < -0.39 is 0 Å². The summed E-state index contributed by atoms with van der Waals surface area (Å²) in [5.74, 6) is 6.22. The van der Waals surface area contributed by atoms with Crippen molar-refractivity contribution in [3.63, 3.8) is 0 Å². The summed E-state index contributed by atoms with van der Waals surface area (Å²) in [5, 5.41) is 6.19. The van der Waals surface area contributed by atoms with Crippen LogP contribution in [0.2, 0.25) is 0 Å². The first kappa shape index (κ1) is 11.1. The van der Waals surface area contributed by atoms with Crippen LogP contribution in [0.3, 0.4) is 0 Å². The molecule has 2 aromatic heterocycles. The van der Waals surface area contributed by atoms with E-state index >= 15 is 0 Å². The average Bonchev–Trinajstić information content (AvgIpc) is 2.81. The predicted molar refractivity (Wildman–Crippen MR) is 65.8 cm³/mol. The van der Waals surface area contributed by atoms with Crippen molar-refractivity contribution in [3.8, 4) is 0 Å². The average molecular weight is 237 g/mol. The molecule has 0 aliphatic rings. The standard InChI is InChI=1S/C10H15N5S/c1-6-3-7(5-16-6)9(14-12)8-4-13-15(2)10(8)11/h3-5,9,14H,11-12H2,1-2H3. The van der Waals surface area contributed by atoms with E-state index in [0.29, 0.717) is 5.82 Å². The lowest BCUT2D eigenvalue weighted by Crippen LogP contribution is -2.28. The maximum Gasteiger partial charge on any atom is 0.126 e. The number of anilines is 1. The van der Waals surface area contributed by atoms with Crippen molar-refractivity contribution >= 4 is 17.2 Å². The Hall–Kier alpha value is -1.37. The number of aryl methyl sites for hydroxylation is 2. The molecule has 86 valence electrons. The quantitative estimate of drug-likeness (QED) is 0.548. The third kappa shape index (κ3) is 1.82. The highest BCUT2D eigenvalue weighted by Gasteiger charge is 2.18. The first-order valence-corrected chi connectivity index (χ1v) is 5.80. The Balaban J connectivity index is 2.40. The Morgan fingerprint density at radius 3 is 2.75 bits per heavy atom. The van der Waals surface area contributed by atoms with Crippen molar-refractivity contribution in [2.45, 2.75) is 13.0 Å². The van der Waals surface area contributed by atoms with E-state index in [4.69, 9.17) is 11.6 Å². The topological polar surface area (TPSA) is 81.9 Å². The second-order valence-corrected chi connectivity index (χ2v) is 4.81. The fraction of sp³-hybridized carbons (Fsp3) is 0.300. The van der Waals surface area contributed by atoms with Crippen molar-refractivity contribution in [1.82, 2.24) is 15.2 Å². The molecule has 5 N–H and O–H groups in total. The molecule has 0 spiro atoms. The van der Waals surface area contributed by atoms with Gasteiger partial charge in [-0.1, -0.05) is 0 Å². The number of nitrogens with zero attached hydrogens (tertiary/aromatic N) is 2. The molecule has 0 aliphatic heterocycles. The summed E-state index contributed by atoms with van der Waals surface area (Å²) < 4.78 is 1.64. The molecule has 0 bridgehead atoms. The third-order valence-electron chi connectivity index (χ3n) is 2.58. The van der Waals surface area contributed by atoms with Crippen LogP contribution in [0.25, 0.3) is 0 Å². The van der Waals surface area contributed by atoms with E-state index in [-0.39, 0.29) is 6.04 Å². The molecule has 0 aromatic carbocycles. The molecular weight excluding hydrogens is 222 g/mol. The normalized spacial score (nSPS) is 12.9. The van der Waals surface area contributed by atoms with Crippen molar-refractivity contribution in [1.29, 1.82) is 0 Å². The smallest absolute Gasteiger partial charge is 0.126 e.